The molecule has 13 heteroatoms. The third kappa shape index (κ3) is 9.40. The Kier molecular flexibility index (Phi) is 12.1. The first-order chi connectivity index (χ1) is 23.1. The molecule has 49 heavy (non-hydrogen) atoms. The standard InChI is InChI=1S/C22H28N4O.2C7H8O3S/c1-17-23(3)19-9-5-7-11-21(19)25(17)13-15-27-16-14-26-18(2)24(4)20-10-6-8-12-22(20)26;2*1-6-2-4-7(5-3-6)11(8,9)10/h5-12H,13-16H2,1-4H3;2*2-5H,1H3,(H,8,9,10)/q+2;;/p-2. The summed E-state index contributed by atoms with van der Waals surface area (Å²) in [6, 6.07) is 28.6. The summed E-state index contributed by atoms with van der Waals surface area (Å²) in [5, 5.41) is 0. The number of nitrogens with zero attached hydrogens (tertiary/aromatic N) is 4. The van der Waals surface area contributed by atoms with E-state index in [1.807, 2.05) is 13.8 Å². The van der Waals surface area contributed by atoms with Gasteiger partial charge >= 0.3 is 0 Å². The van der Waals surface area contributed by atoms with Gasteiger partial charge in [-0.2, -0.15) is 0 Å². The highest BCUT2D eigenvalue weighted by atomic mass is 32.2. The van der Waals surface area contributed by atoms with Crippen LogP contribution in [0.5, 0.6) is 0 Å². The summed E-state index contributed by atoms with van der Waals surface area (Å²) in [7, 11) is -4.30. The molecular formula is C36H42N4O7S2. The van der Waals surface area contributed by atoms with Crippen LogP contribution in [0.15, 0.2) is 107 Å². The van der Waals surface area contributed by atoms with Crippen LogP contribution >= 0.6 is 0 Å². The second-order valence-corrected chi connectivity index (χ2v) is 14.4. The van der Waals surface area contributed by atoms with Crippen LogP contribution in [-0.4, -0.2) is 48.3 Å². The lowest BCUT2D eigenvalue weighted by Crippen LogP contribution is -2.31. The molecule has 2 aromatic heterocycles. The molecule has 0 aliphatic heterocycles. The van der Waals surface area contributed by atoms with Crippen LogP contribution in [-0.2, 0) is 52.2 Å². The molecule has 6 aromatic rings. The van der Waals surface area contributed by atoms with E-state index in [1.54, 1.807) is 24.3 Å². The second-order valence-electron chi connectivity index (χ2n) is 11.6. The number of hydrogen-bond acceptors (Lipinski definition) is 7. The Morgan fingerprint density at radius 3 is 1.20 bits per heavy atom. The van der Waals surface area contributed by atoms with Gasteiger partial charge in [-0.15, -0.1) is 0 Å². The zero-order valence-corrected chi connectivity index (χ0v) is 30.2. The van der Waals surface area contributed by atoms with Crippen molar-refractivity contribution in [2.24, 2.45) is 14.1 Å². The quantitative estimate of drug-likeness (QED) is 0.130. The average Bonchev–Trinajstić information content (AvgIpc) is 3.45. The number of hydrogen-bond donors (Lipinski definition) is 0. The fourth-order valence-corrected chi connectivity index (χ4v) is 6.34. The molecule has 0 saturated carbocycles. The van der Waals surface area contributed by atoms with Crippen molar-refractivity contribution in [3.63, 3.8) is 0 Å². The summed E-state index contributed by atoms with van der Waals surface area (Å²) < 4.78 is 77.5. The van der Waals surface area contributed by atoms with Crippen LogP contribution in [0.25, 0.3) is 22.1 Å². The summed E-state index contributed by atoms with van der Waals surface area (Å²) in [4.78, 5) is -0.355. The van der Waals surface area contributed by atoms with Crippen molar-refractivity contribution in [2.75, 3.05) is 13.2 Å². The van der Waals surface area contributed by atoms with E-state index >= 15 is 0 Å². The highest BCUT2D eigenvalue weighted by molar-refractivity contribution is 7.86. The summed E-state index contributed by atoms with van der Waals surface area (Å²) in [5.74, 6) is 2.50. The molecule has 11 nitrogen and oxygen atoms in total. The Balaban J connectivity index is 0.000000202. The molecule has 0 saturated heterocycles. The Morgan fingerprint density at radius 1 is 0.551 bits per heavy atom. The number of para-hydroxylation sites is 4. The van der Waals surface area contributed by atoms with Gasteiger partial charge in [0.25, 0.3) is 11.6 Å². The summed E-state index contributed by atoms with van der Waals surface area (Å²) in [6.07, 6.45) is 0. The molecule has 0 bridgehead atoms. The molecule has 0 aliphatic rings. The third-order valence-corrected chi connectivity index (χ3v) is 10.1. The molecule has 0 N–H and O–H groups in total. The number of aryl methyl sites for hydroxylation is 4. The molecule has 4 aromatic carbocycles. The van der Waals surface area contributed by atoms with Crippen LogP contribution in [0.4, 0.5) is 0 Å². The molecule has 0 unspecified atom stereocenters. The monoisotopic (exact) mass is 706 g/mol. The first-order valence-electron chi connectivity index (χ1n) is 15.6. The molecule has 0 spiro atoms. The molecule has 0 fully saturated rings. The molecule has 0 amide bonds. The van der Waals surface area contributed by atoms with Crippen molar-refractivity contribution < 1.29 is 39.8 Å². The number of fused-ring (bicyclic) bond motifs is 2. The van der Waals surface area contributed by atoms with E-state index in [1.165, 1.54) is 58.0 Å². The van der Waals surface area contributed by atoms with E-state index in [0.717, 1.165) is 24.2 Å². The zero-order chi connectivity index (χ0) is 35.9. The van der Waals surface area contributed by atoms with E-state index < -0.39 is 20.2 Å². The smallest absolute Gasteiger partial charge is 0.254 e. The van der Waals surface area contributed by atoms with Gasteiger partial charge < -0.3 is 13.8 Å². The number of ether oxygens (including phenoxy) is 1. The maximum absolute atomic E-state index is 10.4. The van der Waals surface area contributed by atoms with Crippen LogP contribution in [0, 0.1) is 27.7 Å². The maximum Gasteiger partial charge on any atom is 0.254 e. The Morgan fingerprint density at radius 2 is 0.878 bits per heavy atom. The van der Waals surface area contributed by atoms with Crippen molar-refractivity contribution >= 4 is 42.3 Å². The maximum atomic E-state index is 10.4. The second kappa shape index (κ2) is 15.9. The van der Waals surface area contributed by atoms with Crippen molar-refractivity contribution in [3.8, 4) is 0 Å². The molecule has 0 radical (unpaired) electrons. The predicted molar refractivity (Wildman–Crippen MR) is 185 cm³/mol. The highest BCUT2D eigenvalue weighted by Crippen LogP contribution is 2.15. The minimum Gasteiger partial charge on any atom is -0.744 e. The summed E-state index contributed by atoms with van der Waals surface area (Å²) in [6.45, 7) is 11.1. The minimum absolute atomic E-state index is 0.178. The topological polar surface area (TPSA) is 141 Å². The fourth-order valence-electron chi connectivity index (χ4n) is 5.40. The SMILES string of the molecule is Cc1ccc(S(=O)(=O)[O-])cc1.Cc1ccc(S(=O)(=O)[O-])cc1.Cc1n(CCOCCn2c(C)[n+](C)c3ccccc32)c2ccccc2[n+]1C. The number of aromatic nitrogens is 4. The number of rotatable bonds is 8. The van der Waals surface area contributed by atoms with E-state index in [9.17, 15) is 25.9 Å². The van der Waals surface area contributed by atoms with Gasteiger partial charge in [-0.05, 0) is 62.4 Å². The van der Waals surface area contributed by atoms with Gasteiger partial charge in [-0.25, -0.2) is 35.1 Å². The van der Waals surface area contributed by atoms with Crippen LogP contribution < -0.4 is 9.13 Å². The van der Waals surface area contributed by atoms with Crippen molar-refractivity contribution in [3.05, 3.63) is 120 Å². The molecule has 0 aliphatic carbocycles. The van der Waals surface area contributed by atoms with Gasteiger partial charge in [0, 0.05) is 13.8 Å². The average molecular weight is 707 g/mol. The third-order valence-electron chi connectivity index (χ3n) is 8.36. The van der Waals surface area contributed by atoms with Gasteiger partial charge in [0.05, 0.1) is 37.1 Å². The lowest BCUT2D eigenvalue weighted by molar-refractivity contribution is -0.652. The van der Waals surface area contributed by atoms with E-state index in [0.29, 0.717) is 13.2 Å². The van der Waals surface area contributed by atoms with Gasteiger partial charge in [0.15, 0.2) is 22.1 Å². The summed E-state index contributed by atoms with van der Waals surface area (Å²) in [5.41, 5.74) is 6.91. The van der Waals surface area contributed by atoms with Crippen LogP contribution in [0.2, 0.25) is 0 Å². The van der Waals surface area contributed by atoms with Gasteiger partial charge in [-0.3, -0.25) is 0 Å². The van der Waals surface area contributed by atoms with E-state index in [-0.39, 0.29) is 9.79 Å². The lowest BCUT2D eigenvalue weighted by Gasteiger charge is -2.05. The van der Waals surface area contributed by atoms with Gasteiger partial charge in [0.1, 0.15) is 33.3 Å². The van der Waals surface area contributed by atoms with Crippen LogP contribution in [0.1, 0.15) is 22.8 Å². The minimum atomic E-state index is -4.27. The first-order valence-corrected chi connectivity index (χ1v) is 18.4. The Hall–Kier alpha value is -4.40. The van der Waals surface area contributed by atoms with Gasteiger partial charge in [0.2, 0.25) is 0 Å². The van der Waals surface area contributed by atoms with E-state index in [2.05, 4.69) is 94.7 Å². The van der Waals surface area contributed by atoms with E-state index in [4.69, 9.17) is 4.74 Å². The molecule has 6 rings (SSSR count). The molecule has 260 valence electrons. The fraction of sp³-hybridized carbons (Fsp3) is 0.278. The van der Waals surface area contributed by atoms with Gasteiger partial charge in [-0.1, -0.05) is 59.7 Å². The summed E-state index contributed by atoms with van der Waals surface area (Å²) >= 11 is 0. The number of benzene rings is 4. The normalized spacial score (nSPS) is 11.6. The molecule has 2 heterocycles. The van der Waals surface area contributed by atoms with Crippen molar-refractivity contribution in [1.82, 2.24) is 9.13 Å². The van der Waals surface area contributed by atoms with Crippen LogP contribution in [0.3, 0.4) is 0 Å². The first kappa shape index (κ1) is 37.4. The Bertz CT molecular complexity index is 2100. The highest BCUT2D eigenvalue weighted by Gasteiger charge is 2.19. The predicted octanol–water partition coefficient (Wildman–Crippen LogP) is 4.38. The Labute approximate surface area is 288 Å². The molecular weight excluding hydrogens is 665 g/mol. The van der Waals surface area contributed by atoms with Crippen molar-refractivity contribution in [1.29, 1.82) is 0 Å². The largest absolute Gasteiger partial charge is 0.744 e. The zero-order valence-electron chi connectivity index (χ0n) is 28.5. The number of imidazole rings is 2. The lowest BCUT2D eigenvalue weighted by atomic mass is 10.2. The van der Waals surface area contributed by atoms with Crippen molar-refractivity contribution in [2.45, 2.75) is 50.6 Å². The molecule has 0 atom stereocenters.